The van der Waals surface area contributed by atoms with Crippen molar-refractivity contribution in [2.75, 3.05) is 0 Å². The Morgan fingerprint density at radius 1 is 0.656 bits per heavy atom. The van der Waals surface area contributed by atoms with Crippen LogP contribution in [0.4, 0.5) is 0 Å². The van der Waals surface area contributed by atoms with E-state index in [9.17, 15) is 0 Å². The summed E-state index contributed by atoms with van der Waals surface area (Å²) >= 11 is 0. The maximum atomic E-state index is 7.35. The zero-order valence-corrected chi connectivity index (χ0v) is 40.7. The molecule has 0 aliphatic carbocycles. The van der Waals surface area contributed by atoms with Crippen molar-refractivity contribution in [2.45, 2.75) is 66.0 Å². The number of furan rings is 1. The summed E-state index contributed by atoms with van der Waals surface area (Å²) in [4.78, 5) is 9.72. The first-order chi connectivity index (χ1) is 31.7. The van der Waals surface area contributed by atoms with Crippen molar-refractivity contribution in [2.24, 2.45) is 0 Å². The minimum absolute atomic E-state index is 0. The first-order valence-corrected chi connectivity index (χ1v) is 25.3. The van der Waals surface area contributed by atoms with Crippen LogP contribution in [-0.2, 0) is 20.1 Å². The Morgan fingerprint density at radius 2 is 1.33 bits per heavy atom. The number of pyridine rings is 1. The largest absolute Gasteiger partial charge is 0.501 e. The molecule has 0 amide bonds. The van der Waals surface area contributed by atoms with E-state index in [2.05, 4.69) is 196 Å². The number of aromatic nitrogens is 3. The average Bonchev–Trinajstić information content (AvgIpc) is 3.90. The van der Waals surface area contributed by atoms with Gasteiger partial charge in [0.1, 0.15) is 5.58 Å². The fraction of sp³-hybridized carbons (Fsp3) is 0.172. The van der Waals surface area contributed by atoms with Crippen LogP contribution >= 0.6 is 0 Å². The van der Waals surface area contributed by atoms with Gasteiger partial charge in [0.15, 0.2) is 0 Å². The molecule has 0 atom stereocenters. The Hall–Kier alpha value is -6.17. The second-order valence-electron chi connectivity index (χ2n) is 17.9. The first kappa shape index (κ1) is 40.6. The monoisotopic (exact) mass is 1030 g/mol. The number of fused-ring (bicyclic) bond motifs is 4. The van der Waals surface area contributed by atoms with Crippen LogP contribution in [0.25, 0.3) is 83.6 Å². The second-order valence-corrected chi connectivity index (χ2v) is 23.0. The molecule has 0 aliphatic rings. The molecule has 0 saturated heterocycles. The van der Waals surface area contributed by atoms with Crippen LogP contribution in [0.15, 0.2) is 168 Å². The molecule has 0 aliphatic heterocycles. The fourth-order valence-electron chi connectivity index (χ4n) is 8.34. The molecule has 0 bridgehead atoms. The minimum Gasteiger partial charge on any atom is -0.501 e. The summed E-state index contributed by atoms with van der Waals surface area (Å²) in [5.41, 5.74) is 15.1. The van der Waals surface area contributed by atoms with Crippen molar-refractivity contribution in [1.82, 2.24) is 14.5 Å². The Balaban J connectivity index is 0.000000244. The third kappa shape index (κ3) is 8.83. The van der Waals surface area contributed by atoms with Gasteiger partial charge in [-0.15, -0.1) is 53.6 Å². The van der Waals surface area contributed by atoms with Gasteiger partial charge in [0, 0.05) is 41.5 Å². The number of hydrogen-bond acceptors (Lipinski definition) is 3. The van der Waals surface area contributed by atoms with Crippen LogP contribution in [0.5, 0.6) is 0 Å². The summed E-state index contributed by atoms with van der Waals surface area (Å²) in [5.74, 6) is 1.53. The van der Waals surface area contributed by atoms with E-state index in [1.807, 2.05) is 18.3 Å². The maximum Gasteiger partial charge on any atom is 0.120 e. The molecule has 3 heterocycles. The van der Waals surface area contributed by atoms with E-state index in [0.717, 1.165) is 61.2 Å². The Labute approximate surface area is 396 Å². The van der Waals surface area contributed by atoms with E-state index in [-0.39, 0.29) is 20.1 Å². The maximum absolute atomic E-state index is 7.35. The molecular weight excluding hydrogens is 975 g/mol. The van der Waals surface area contributed by atoms with Crippen molar-refractivity contribution in [3.8, 4) is 50.6 Å². The van der Waals surface area contributed by atoms with Gasteiger partial charge >= 0.3 is 0 Å². The van der Waals surface area contributed by atoms with Gasteiger partial charge in [-0.2, -0.15) is 0 Å². The molecule has 0 unspecified atom stereocenters. The zero-order valence-electron chi connectivity index (χ0n) is 40.3. The van der Waals surface area contributed by atoms with Crippen LogP contribution < -0.4 is 5.19 Å². The quantitative estimate of drug-likeness (QED) is 0.113. The molecule has 7 aromatic carbocycles. The first-order valence-electron chi connectivity index (χ1n) is 23.3. The van der Waals surface area contributed by atoms with Crippen molar-refractivity contribution in [3.63, 3.8) is 0 Å². The van der Waals surface area contributed by atoms with Gasteiger partial charge in [-0.25, -0.2) is 0 Å². The Kier molecular flexibility index (Phi) is 11.7. The number of nitrogens with zero attached hydrogens (tertiary/aromatic N) is 3. The summed E-state index contributed by atoms with van der Waals surface area (Å²) in [6, 6.07) is 60.5. The predicted molar refractivity (Wildman–Crippen MR) is 268 cm³/mol. The number of hydrogen-bond donors (Lipinski definition) is 0. The van der Waals surface area contributed by atoms with E-state index in [1.165, 1.54) is 44.8 Å². The summed E-state index contributed by atoms with van der Waals surface area (Å²) in [7, 11) is -1.34. The van der Waals surface area contributed by atoms with E-state index in [1.54, 1.807) is 12.1 Å². The topological polar surface area (TPSA) is 43.9 Å². The molecule has 0 N–H and O–H groups in total. The zero-order chi connectivity index (χ0) is 46.3. The molecule has 4 nitrogen and oxygen atoms in total. The molecule has 1 radical (unpaired) electrons. The normalized spacial score (nSPS) is 12.5. The van der Waals surface area contributed by atoms with Crippen molar-refractivity contribution >= 4 is 46.2 Å². The third-order valence-electron chi connectivity index (χ3n) is 11.8. The smallest absolute Gasteiger partial charge is 0.120 e. The molecule has 0 fully saturated rings. The second kappa shape index (κ2) is 18.5. The van der Waals surface area contributed by atoms with Gasteiger partial charge in [-0.05, 0) is 80.4 Å². The fourth-order valence-corrected chi connectivity index (χ4v) is 9.38. The van der Waals surface area contributed by atoms with E-state index >= 15 is 0 Å². The summed E-state index contributed by atoms with van der Waals surface area (Å²) in [6.45, 7) is 13.8. The Morgan fingerprint density at radius 3 is 1.97 bits per heavy atom. The summed E-state index contributed by atoms with van der Waals surface area (Å²) in [6.07, 6.45) is 1.92. The molecule has 0 spiro atoms. The van der Waals surface area contributed by atoms with Crippen LogP contribution in [0.1, 0.15) is 60.3 Å². The molecule has 6 heteroatoms. The SMILES string of the molecule is CC(C)c1cccc(C(C)C)c1-n1c(-c2[c-]ccc3c2oc2ccc(-c4ccc(-c5ccccc5)cc4)cc23)nc2ccccc21.[2H]C([2H])([2H])c1c[c-]c(-c2ccc([Si](C)(C)C)cn2)cc1.[Ir]. The van der Waals surface area contributed by atoms with Crippen LogP contribution in [0.3, 0.4) is 0 Å². The van der Waals surface area contributed by atoms with Crippen molar-refractivity contribution in [1.29, 1.82) is 0 Å². The Bertz CT molecular complexity index is 3230. The molecule has 321 valence electrons. The van der Waals surface area contributed by atoms with Crippen molar-refractivity contribution < 1.29 is 28.6 Å². The van der Waals surface area contributed by atoms with E-state index < -0.39 is 14.9 Å². The van der Waals surface area contributed by atoms with Gasteiger partial charge < -0.3 is 14.0 Å². The number of aryl methyl sites for hydroxylation is 1. The molecule has 64 heavy (non-hydrogen) atoms. The van der Waals surface area contributed by atoms with E-state index in [0.29, 0.717) is 17.4 Å². The molecule has 0 saturated carbocycles. The van der Waals surface area contributed by atoms with Gasteiger partial charge in [0.25, 0.3) is 0 Å². The van der Waals surface area contributed by atoms with Gasteiger partial charge in [-0.3, -0.25) is 4.98 Å². The minimum atomic E-state index is -2.08. The van der Waals surface area contributed by atoms with Crippen LogP contribution in [0, 0.1) is 19.0 Å². The number of benzene rings is 7. The van der Waals surface area contributed by atoms with Crippen LogP contribution in [-0.4, -0.2) is 22.6 Å². The number of rotatable bonds is 8. The summed E-state index contributed by atoms with van der Waals surface area (Å²) in [5, 5.41) is 3.45. The van der Waals surface area contributed by atoms with E-state index in [4.69, 9.17) is 13.5 Å². The predicted octanol–water partition coefficient (Wildman–Crippen LogP) is 15.4. The third-order valence-corrected chi connectivity index (χ3v) is 13.9. The van der Waals surface area contributed by atoms with Gasteiger partial charge in [0.05, 0.1) is 30.5 Å². The van der Waals surface area contributed by atoms with Crippen molar-refractivity contribution in [3.05, 3.63) is 193 Å². The molecular formula is C58H53IrN3OSi-2. The van der Waals surface area contributed by atoms with Crippen LogP contribution in [0.2, 0.25) is 19.6 Å². The van der Waals surface area contributed by atoms with Gasteiger partial charge in [-0.1, -0.05) is 168 Å². The number of para-hydroxylation sites is 3. The number of imidazole rings is 1. The molecule has 10 rings (SSSR count). The van der Waals surface area contributed by atoms with Gasteiger partial charge in [0.2, 0.25) is 0 Å². The molecule has 10 aromatic rings. The standard InChI is InChI=1S/C43H35N2O.C15H18NSi.Ir/c1-27(2)33-14-10-15-34(28(3)4)41(33)45-39-19-9-8-18-38(39)44-43(45)36-17-11-16-35-37-26-32(24-25-40(37)46-42(35)36)31-22-20-30(21-23-31)29-12-6-5-7-13-29;1-12-5-7-13(8-6-12)15-10-9-14(11-16-15)17(2,3)4;/h5-16,18-28H,1-4H3;5-7,9-11H,1-4H3;/q2*-1;/i;1D3;. The molecule has 3 aromatic heterocycles. The average molecular weight is 1030 g/mol. The summed E-state index contributed by atoms with van der Waals surface area (Å²) < 4.78 is 31.1.